The number of aromatic carboxylic acids is 1. The fraction of sp³-hybridized carbons (Fsp3) is 0.333. The summed E-state index contributed by atoms with van der Waals surface area (Å²) in [6, 6.07) is 0. The highest BCUT2D eigenvalue weighted by Crippen LogP contribution is 2.30. The SMILES string of the molecule is Cc1c(C(=O)[O-])oc2c1C(=O)CSC2. The van der Waals surface area contributed by atoms with E-state index in [-0.39, 0.29) is 11.5 Å². The number of carboxylic acids is 1. The van der Waals surface area contributed by atoms with E-state index in [1.807, 2.05) is 0 Å². The highest BCUT2D eigenvalue weighted by Gasteiger charge is 2.26. The lowest BCUT2D eigenvalue weighted by Crippen LogP contribution is -2.22. The molecule has 0 fully saturated rings. The lowest BCUT2D eigenvalue weighted by atomic mass is 10.1. The van der Waals surface area contributed by atoms with Gasteiger partial charge in [0, 0.05) is 5.56 Å². The minimum Gasteiger partial charge on any atom is -0.542 e. The van der Waals surface area contributed by atoms with Crippen LogP contribution < -0.4 is 5.11 Å². The maximum absolute atomic E-state index is 11.4. The minimum absolute atomic E-state index is 0.0648. The Morgan fingerprint density at radius 2 is 2.21 bits per heavy atom. The van der Waals surface area contributed by atoms with E-state index in [2.05, 4.69) is 0 Å². The third-order valence-electron chi connectivity index (χ3n) is 2.15. The molecule has 0 saturated carbocycles. The standard InChI is InChI=1S/C9H8O4S/c1-4-7-5(10)2-14-3-6(7)13-8(4)9(11)12/h2-3H2,1H3,(H,11,12)/p-1. The average molecular weight is 211 g/mol. The van der Waals surface area contributed by atoms with Crippen LogP contribution in [0.4, 0.5) is 0 Å². The summed E-state index contributed by atoms with van der Waals surface area (Å²) in [7, 11) is 0. The summed E-state index contributed by atoms with van der Waals surface area (Å²) in [5.74, 6) is -0.247. The molecule has 0 aliphatic carbocycles. The molecule has 1 aliphatic heterocycles. The average Bonchev–Trinajstić information content (AvgIpc) is 2.45. The molecule has 0 atom stereocenters. The van der Waals surface area contributed by atoms with Gasteiger partial charge in [-0.05, 0) is 6.92 Å². The van der Waals surface area contributed by atoms with Crippen LogP contribution in [0, 0.1) is 6.92 Å². The van der Waals surface area contributed by atoms with Gasteiger partial charge in [-0.25, -0.2) is 0 Å². The topological polar surface area (TPSA) is 70.3 Å². The minimum atomic E-state index is -1.37. The molecule has 74 valence electrons. The van der Waals surface area contributed by atoms with Crippen LogP contribution in [0.15, 0.2) is 4.42 Å². The first-order chi connectivity index (χ1) is 6.61. The monoisotopic (exact) mass is 211 g/mol. The van der Waals surface area contributed by atoms with Gasteiger partial charge in [-0.1, -0.05) is 0 Å². The van der Waals surface area contributed by atoms with E-state index in [0.717, 1.165) is 0 Å². The summed E-state index contributed by atoms with van der Waals surface area (Å²) in [5.41, 5.74) is 0.827. The molecule has 0 bridgehead atoms. The van der Waals surface area contributed by atoms with Crippen molar-refractivity contribution in [3.05, 3.63) is 22.6 Å². The molecule has 1 aromatic rings. The van der Waals surface area contributed by atoms with Crippen LogP contribution in [0.5, 0.6) is 0 Å². The summed E-state index contributed by atoms with van der Waals surface area (Å²) in [6.45, 7) is 1.57. The van der Waals surface area contributed by atoms with Gasteiger partial charge in [-0.3, -0.25) is 4.79 Å². The van der Waals surface area contributed by atoms with Gasteiger partial charge >= 0.3 is 0 Å². The summed E-state index contributed by atoms with van der Waals surface area (Å²) in [4.78, 5) is 22.1. The van der Waals surface area contributed by atoms with Crippen LogP contribution in [0.3, 0.4) is 0 Å². The molecule has 0 unspecified atom stereocenters. The fourth-order valence-corrected chi connectivity index (χ4v) is 2.36. The number of carboxylic acid groups (broad SMARTS) is 1. The number of hydrogen-bond donors (Lipinski definition) is 0. The van der Waals surface area contributed by atoms with E-state index in [1.54, 1.807) is 6.92 Å². The van der Waals surface area contributed by atoms with Crippen LogP contribution in [-0.2, 0) is 5.75 Å². The second kappa shape index (κ2) is 3.16. The molecule has 2 heterocycles. The summed E-state index contributed by atoms with van der Waals surface area (Å²) >= 11 is 1.42. The number of carbonyl (C=O) groups is 2. The molecule has 0 N–H and O–H groups in total. The Kier molecular flexibility index (Phi) is 2.11. The maximum Gasteiger partial charge on any atom is 0.176 e. The van der Waals surface area contributed by atoms with E-state index >= 15 is 0 Å². The van der Waals surface area contributed by atoms with Crippen molar-refractivity contribution in [1.82, 2.24) is 0 Å². The van der Waals surface area contributed by atoms with Crippen LogP contribution in [0.2, 0.25) is 0 Å². The molecule has 1 aliphatic rings. The zero-order valence-electron chi connectivity index (χ0n) is 7.46. The van der Waals surface area contributed by atoms with Crippen molar-refractivity contribution >= 4 is 23.5 Å². The number of Topliss-reactive ketones (excluding diaryl/α,β-unsaturated/α-hetero) is 1. The lowest BCUT2D eigenvalue weighted by Gasteiger charge is -2.07. The van der Waals surface area contributed by atoms with Crippen molar-refractivity contribution in [2.24, 2.45) is 0 Å². The van der Waals surface area contributed by atoms with Gasteiger partial charge in [0.2, 0.25) is 0 Å². The molecule has 14 heavy (non-hydrogen) atoms. The molecule has 0 aromatic carbocycles. The van der Waals surface area contributed by atoms with Crippen LogP contribution in [-0.4, -0.2) is 17.5 Å². The largest absolute Gasteiger partial charge is 0.542 e. The Morgan fingerprint density at radius 1 is 1.50 bits per heavy atom. The second-order valence-corrected chi connectivity index (χ2v) is 4.04. The number of fused-ring (bicyclic) bond motifs is 1. The first kappa shape index (κ1) is 9.33. The molecule has 2 rings (SSSR count). The van der Waals surface area contributed by atoms with Gasteiger partial charge < -0.3 is 14.3 Å². The molecular weight excluding hydrogens is 204 g/mol. The van der Waals surface area contributed by atoms with Crippen molar-refractivity contribution in [2.45, 2.75) is 12.7 Å². The van der Waals surface area contributed by atoms with Gasteiger partial charge in [0.15, 0.2) is 11.5 Å². The normalized spacial score (nSPS) is 15.4. The van der Waals surface area contributed by atoms with Gasteiger partial charge in [0.25, 0.3) is 0 Å². The van der Waals surface area contributed by atoms with Crippen LogP contribution in [0.25, 0.3) is 0 Å². The molecule has 0 saturated heterocycles. The van der Waals surface area contributed by atoms with E-state index < -0.39 is 5.97 Å². The third-order valence-corrected chi connectivity index (χ3v) is 3.08. The summed E-state index contributed by atoms with van der Waals surface area (Å²) < 4.78 is 5.06. The number of rotatable bonds is 1. The zero-order valence-corrected chi connectivity index (χ0v) is 8.27. The Balaban J connectivity index is 2.60. The van der Waals surface area contributed by atoms with Crippen molar-refractivity contribution in [3.8, 4) is 0 Å². The third kappa shape index (κ3) is 1.24. The summed E-state index contributed by atoms with van der Waals surface area (Å²) in [5, 5.41) is 10.6. The van der Waals surface area contributed by atoms with E-state index in [0.29, 0.717) is 28.4 Å². The van der Waals surface area contributed by atoms with Crippen molar-refractivity contribution in [2.75, 3.05) is 5.75 Å². The number of ketones is 1. The van der Waals surface area contributed by atoms with Crippen LogP contribution in [0.1, 0.15) is 32.2 Å². The molecular formula is C9H7O4S-. The Labute approximate surface area is 84.3 Å². The van der Waals surface area contributed by atoms with Gasteiger partial charge in [0.1, 0.15) is 11.7 Å². The van der Waals surface area contributed by atoms with Crippen LogP contribution >= 0.6 is 11.8 Å². The predicted molar refractivity (Wildman–Crippen MR) is 48.3 cm³/mol. The highest BCUT2D eigenvalue weighted by atomic mass is 32.2. The van der Waals surface area contributed by atoms with Gasteiger partial charge in [-0.15, -0.1) is 11.8 Å². The molecule has 4 nitrogen and oxygen atoms in total. The second-order valence-electron chi connectivity index (χ2n) is 3.06. The molecule has 1 aromatic heterocycles. The van der Waals surface area contributed by atoms with E-state index in [9.17, 15) is 14.7 Å². The number of carbonyl (C=O) groups excluding carboxylic acids is 2. The highest BCUT2D eigenvalue weighted by molar-refractivity contribution is 7.99. The Morgan fingerprint density at radius 3 is 2.79 bits per heavy atom. The first-order valence-corrected chi connectivity index (χ1v) is 5.21. The van der Waals surface area contributed by atoms with Crippen molar-refractivity contribution < 1.29 is 19.1 Å². The first-order valence-electron chi connectivity index (χ1n) is 4.06. The van der Waals surface area contributed by atoms with Crippen molar-refractivity contribution in [3.63, 3.8) is 0 Å². The van der Waals surface area contributed by atoms with E-state index in [1.165, 1.54) is 11.8 Å². The number of furan rings is 1. The maximum atomic E-state index is 11.4. The Bertz CT molecular complexity index is 419. The fourth-order valence-electron chi connectivity index (χ4n) is 1.54. The zero-order chi connectivity index (χ0) is 10.3. The van der Waals surface area contributed by atoms with Crippen molar-refractivity contribution in [1.29, 1.82) is 0 Å². The Hall–Kier alpha value is -1.23. The molecule has 0 radical (unpaired) electrons. The smallest absolute Gasteiger partial charge is 0.176 e. The van der Waals surface area contributed by atoms with E-state index in [4.69, 9.17) is 4.42 Å². The summed E-state index contributed by atoms with van der Waals surface area (Å²) in [6.07, 6.45) is 0. The molecule has 0 amide bonds. The van der Waals surface area contributed by atoms with Gasteiger partial charge in [0.05, 0.1) is 17.1 Å². The predicted octanol–water partition coefficient (Wildman–Crippen LogP) is 0.381. The lowest BCUT2D eigenvalue weighted by molar-refractivity contribution is -0.257. The quantitative estimate of drug-likeness (QED) is 0.671. The molecule has 0 spiro atoms. The number of thioether (sulfide) groups is 1. The number of hydrogen-bond acceptors (Lipinski definition) is 5. The van der Waals surface area contributed by atoms with Gasteiger partial charge in [-0.2, -0.15) is 0 Å². The molecule has 5 heteroatoms.